The fourth-order valence-electron chi connectivity index (χ4n) is 6.40. The monoisotopic (exact) mass is 888 g/mol. The Hall–Kier alpha value is -6.09. The first kappa shape index (κ1) is 44.5. The minimum Gasteiger partial charge on any atom is -0.453 e. The summed E-state index contributed by atoms with van der Waals surface area (Å²) in [6, 6.07) is 24.1. The van der Waals surface area contributed by atoms with Gasteiger partial charge in [-0.3, -0.25) is 4.79 Å². The van der Waals surface area contributed by atoms with Crippen molar-refractivity contribution in [2.24, 2.45) is 0 Å². The molecule has 0 N–H and O–H groups in total. The number of halogens is 17. The van der Waals surface area contributed by atoms with Gasteiger partial charge in [-0.05, 0) is 29.3 Å². The highest BCUT2D eigenvalue weighted by Gasteiger charge is 2.88. The summed E-state index contributed by atoms with van der Waals surface area (Å²) >= 11 is 0. The van der Waals surface area contributed by atoms with E-state index in [1.807, 2.05) is 29.2 Å². The van der Waals surface area contributed by atoms with Gasteiger partial charge < -0.3 is 14.1 Å². The van der Waals surface area contributed by atoms with Crippen molar-refractivity contribution in [3.63, 3.8) is 0 Å². The lowest BCUT2D eigenvalue weighted by Gasteiger charge is -2.41. The SMILES string of the molecule is O=c1cc2oc3cc(N(Cc4ccccc4)Cc4ccccc4)ccc3nc-2c2c(OC(=C(C(F)(C(F)(F)F)C(F)(F)F)C(F)(C(F)(F)F)C(F)(F)F)C(F)(F)F)cccc12. The zero-order valence-electron chi connectivity index (χ0n) is 29.8. The van der Waals surface area contributed by atoms with Crippen LogP contribution >= 0.6 is 0 Å². The number of rotatable bonds is 9. The number of nitrogens with zero attached hydrogens (tertiary/aromatic N) is 2. The lowest BCUT2D eigenvalue weighted by molar-refractivity contribution is -0.365. The summed E-state index contributed by atoms with van der Waals surface area (Å²) in [5, 5.41) is -2.09. The number of benzene rings is 5. The second-order valence-electron chi connectivity index (χ2n) is 13.2. The van der Waals surface area contributed by atoms with Crippen LogP contribution in [0.4, 0.5) is 80.3 Å². The highest BCUT2D eigenvalue weighted by Crippen LogP contribution is 2.63. The van der Waals surface area contributed by atoms with Crippen molar-refractivity contribution in [3.8, 4) is 17.2 Å². The minimum atomic E-state index is -8.39. The molecule has 1 aliphatic carbocycles. The average Bonchev–Trinajstić information content (AvgIpc) is 3.15. The fourth-order valence-corrected chi connectivity index (χ4v) is 6.40. The molecule has 0 spiro atoms. The highest BCUT2D eigenvalue weighted by molar-refractivity contribution is 6.00. The smallest absolute Gasteiger partial charge is 0.449 e. The number of fused-ring (bicyclic) bond motifs is 4. The Morgan fingerprint density at radius 1 is 0.590 bits per heavy atom. The van der Waals surface area contributed by atoms with Gasteiger partial charge in [-0.2, -0.15) is 65.9 Å². The Morgan fingerprint density at radius 2 is 1.08 bits per heavy atom. The molecule has 0 bridgehead atoms. The van der Waals surface area contributed by atoms with E-state index in [0.29, 0.717) is 30.9 Å². The Bertz CT molecular complexity index is 2500. The second-order valence-corrected chi connectivity index (χ2v) is 13.2. The van der Waals surface area contributed by atoms with Gasteiger partial charge >= 0.3 is 42.2 Å². The fraction of sp³-hybridized carbons (Fsp3) is 0.231. The van der Waals surface area contributed by atoms with E-state index in [-0.39, 0.29) is 17.2 Å². The van der Waals surface area contributed by atoms with E-state index in [2.05, 4.69) is 9.72 Å². The molecule has 0 saturated heterocycles. The summed E-state index contributed by atoms with van der Waals surface area (Å²) in [6.45, 7) is 0.585. The largest absolute Gasteiger partial charge is 0.453 e. The van der Waals surface area contributed by atoms with Gasteiger partial charge in [0.05, 0.1) is 11.0 Å². The second kappa shape index (κ2) is 15.1. The molecule has 324 valence electrons. The average molecular weight is 889 g/mol. The number of ether oxygens (including phenoxy) is 1. The van der Waals surface area contributed by atoms with Crippen LogP contribution < -0.4 is 15.1 Å². The summed E-state index contributed by atoms with van der Waals surface area (Å²) in [6.07, 6.45) is -40.2. The molecule has 4 aromatic rings. The molecule has 22 heteroatoms. The number of anilines is 1. The Labute approximate surface area is 329 Å². The molecule has 4 aromatic carbocycles. The Morgan fingerprint density at radius 3 is 1.54 bits per heavy atom. The maximum absolute atomic E-state index is 15.4. The minimum absolute atomic E-state index is 0.132. The predicted octanol–water partition coefficient (Wildman–Crippen LogP) is 12.5. The lowest BCUT2D eigenvalue weighted by atomic mass is 9.79. The molecular formula is C39H21F17N2O3. The van der Waals surface area contributed by atoms with E-state index >= 15 is 8.78 Å². The van der Waals surface area contributed by atoms with Gasteiger partial charge in [-0.15, -0.1) is 0 Å². The van der Waals surface area contributed by atoms with Crippen LogP contribution in [0.3, 0.4) is 0 Å². The van der Waals surface area contributed by atoms with Gasteiger partial charge in [-0.1, -0.05) is 72.8 Å². The number of hydrogen-bond acceptors (Lipinski definition) is 5. The molecule has 0 amide bonds. The quantitative estimate of drug-likeness (QED) is 0.0626. The van der Waals surface area contributed by atoms with E-state index in [0.717, 1.165) is 17.2 Å². The third-order valence-corrected chi connectivity index (χ3v) is 9.17. The molecule has 6 rings (SSSR count). The normalized spacial score (nSPS) is 13.5. The molecule has 1 heterocycles. The molecule has 61 heavy (non-hydrogen) atoms. The van der Waals surface area contributed by atoms with Crippen LogP contribution in [-0.4, -0.2) is 47.2 Å². The molecule has 0 saturated carbocycles. The Kier molecular flexibility index (Phi) is 11.0. The first-order chi connectivity index (χ1) is 28.1. The van der Waals surface area contributed by atoms with Gasteiger partial charge in [0.25, 0.3) is 0 Å². The first-order valence-corrected chi connectivity index (χ1v) is 16.9. The van der Waals surface area contributed by atoms with Crippen molar-refractivity contribution in [2.75, 3.05) is 4.90 Å². The van der Waals surface area contributed by atoms with Crippen LogP contribution in [0.1, 0.15) is 11.1 Å². The number of hydrogen-bond donors (Lipinski definition) is 0. The zero-order valence-corrected chi connectivity index (χ0v) is 29.8. The van der Waals surface area contributed by atoms with Crippen molar-refractivity contribution in [3.05, 3.63) is 136 Å². The summed E-state index contributed by atoms with van der Waals surface area (Å²) in [4.78, 5) is 19.2. The van der Waals surface area contributed by atoms with Gasteiger partial charge in [0.15, 0.2) is 16.8 Å². The highest BCUT2D eigenvalue weighted by atomic mass is 19.4. The maximum atomic E-state index is 15.4. The third kappa shape index (κ3) is 7.98. The topological polar surface area (TPSA) is 55.6 Å². The molecule has 1 aliphatic heterocycles. The lowest BCUT2D eigenvalue weighted by Crippen LogP contribution is -2.67. The van der Waals surface area contributed by atoms with Crippen molar-refractivity contribution < 1.29 is 83.8 Å². The summed E-state index contributed by atoms with van der Waals surface area (Å²) in [7, 11) is 0. The summed E-state index contributed by atoms with van der Waals surface area (Å²) in [5.41, 5.74) is -22.8. The molecule has 0 unspecified atom stereocenters. The number of aromatic nitrogens is 1. The summed E-state index contributed by atoms with van der Waals surface area (Å²) in [5.74, 6) is -7.33. The van der Waals surface area contributed by atoms with Gasteiger partial charge in [0.2, 0.25) is 5.76 Å². The van der Waals surface area contributed by atoms with E-state index in [1.165, 1.54) is 18.2 Å². The standard InChI is InChI=1S/C39H21F17N2O3/c40-33(36(45,46)47,37(48,49)50)31(34(41,38(51,52)53)39(54,55)56)32(35(42,43)44)61-26-13-7-12-23-25(59)17-28-30(29(23)26)57-24-15-14-22(16-27(24)60-28)58(18-20-8-3-1-4-9-20)19-21-10-5-2-6-11-21/h1-17H,18-19H2. The summed E-state index contributed by atoms with van der Waals surface area (Å²) < 4.78 is 251. The van der Waals surface area contributed by atoms with E-state index in [4.69, 9.17) is 4.42 Å². The number of alkyl halides is 17. The zero-order chi connectivity index (χ0) is 45.1. The van der Waals surface area contributed by atoms with Crippen molar-refractivity contribution >= 4 is 27.6 Å². The third-order valence-electron chi connectivity index (χ3n) is 9.17. The van der Waals surface area contributed by atoms with Crippen molar-refractivity contribution in [1.29, 1.82) is 0 Å². The molecule has 0 fully saturated rings. The predicted molar refractivity (Wildman–Crippen MR) is 183 cm³/mol. The maximum Gasteiger partial charge on any atom is 0.449 e. The molecule has 2 aliphatic rings. The van der Waals surface area contributed by atoms with Crippen LogP contribution in [0.25, 0.3) is 33.3 Å². The van der Waals surface area contributed by atoms with E-state index in [9.17, 15) is 70.7 Å². The molecular weight excluding hydrogens is 867 g/mol. The number of allylic oxidation sites excluding steroid dienone is 2. The molecule has 5 nitrogen and oxygen atoms in total. The molecule has 0 atom stereocenters. The van der Waals surface area contributed by atoms with E-state index in [1.54, 1.807) is 36.4 Å². The van der Waals surface area contributed by atoms with Gasteiger partial charge in [-0.25, -0.2) is 13.8 Å². The van der Waals surface area contributed by atoms with Crippen LogP contribution in [0.5, 0.6) is 5.75 Å². The van der Waals surface area contributed by atoms with Gasteiger partial charge in [0, 0.05) is 36.3 Å². The first-order valence-electron chi connectivity index (χ1n) is 16.9. The van der Waals surface area contributed by atoms with Crippen LogP contribution in [0.2, 0.25) is 0 Å². The van der Waals surface area contributed by atoms with Crippen molar-refractivity contribution in [1.82, 2.24) is 4.98 Å². The van der Waals surface area contributed by atoms with Gasteiger partial charge in [0.1, 0.15) is 17.0 Å². The molecule has 0 radical (unpaired) electrons. The van der Waals surface area contributed by atoms with Crippen LogP contribution in [-0.2, 0) is 13.1 Å². The molecule has 0 aromatic heterocycles. The van der Waals surface area contributed by atoms with Crippen molar-refractivity contribution in [2.45, 2.75) is 55.3 Å². The van der Waals surface area contributed by atoms with E-state index < -0.39 is 87.0 Å². The Balaban J connectivity index is 1.63. The van der Waals surface area contributed by atoms with Crippen LogP contribution in [0, 0.1) is 0 Å². The van der Waals surface area contributed by atoms with Crippen LogP contribution in [0.15, 0.2) is 124 Å².